The molecule has 0 saturated heterocycles. The standard InChI is InChI=1S/C13H15Cl2N3O3/c1-7(2)16-12(20)13(21)18-17-11(19)5-8-3-4-9(14)6-10(8)15/h3-4,6-7H,5H2,1-2H3,(H,16,20)(H,17,19)(H,18,21). The number of benzene rings is 1. The van der Waals surface area contributed by atoms with Crippen molar-refractivity contribution in [2.75, 3.05) is 0 Å². The molecule has 0 aliphatic rings. The lowest BCUT2D eigenvalue weighted by Gasteiger charge is -2.10. The predicted octanol–water partition coefficient (Wildman–Crippen LogP) is 1.21. The normalized spacial score (nSPS) is 10.1. The SMILES string of the molecule is CC(C)NC(=O)C(=O)NNC(=O)Cc1ccc(Cl)cc1Cl. The summed E-state index contributed by atoms with van der Waals surface area (Å²) in [7, 11) is 0. The van der Waals surface area contributed by atoms with Crippen LogP contribution in [0.1, 0.15) is 19.4 Å². The lowest BCUT2D eigenvalue weighted by atomic mass is 10.1. The van der Waals surface area contributed by atoms with E-state index in [1.54, 1.807) is 26.0 Å². The van der Waals surface area contributed by atoms with Crippen LogP contribution in [0, 0.1) is 0 Å². The van der Waals surface area contributed by atoms with Crippen molar-refractivity contribution in [2.45, 2.75) is 26.3 Å². The number of hydrogen-bond donors (Lipinski definition) is 3. The van der Waals surface area contributed by atoms with E-state index in [0.29, 0.717) is 15.6 Å². The fraction of sp³-hybridized carbons (Fsp3) is 0.308. The zero-order valence-corrected chi connectivity index (χ0v) is 13.0. The lowest BCUT2D eigenvalue weighted by Crippen LogP contribution is -2.50. The number of carbonyl (C=O) groups excluding carboxylic acids is 3. The highest BCUT2D eigenvalue weighted by atomic mass is 35.5. The average Bonchev–Trinajstić information content (AvgIpc) is 2.38. The molecule has 0 spiro atoms. The first-order chi connectivity index (χ1) is 9.79. The van der Waals surface area contributed by atoms with Crippen LogP contribution in [0.2, 0.25) is 10.0 Å². The van der Waals surface area contributed by atoms with Crippen LogP contribution >= 0.6 is 23.2 Å². The Hall–Kier alpha value is -1.79. The van der Waals surface area contributed by atoms with Crippen molar-refractivity contribution >= 4 is 40.9 Å². The van der Waals surface area contributed by atoms with Gasteiger partial charge in [0.15, 0.2) is 0 Å². The van der Waals surface area contributed by atoms with Gasteiger partial charge in [0.25, 0.3) is 0 Å². The van der Waals surface area contributed by atoms with Gasteiger partial charge in [-0.1, -0.05) is 29.3 Å². The molecule has 3 amide bonds. The molecule has 6 nitrogen and oxygen atoms in total. The molecule has 8 heteroatoms. The van der Waals surface area contributed by atoms with Gasteiger partial charge in [0, 0.05) is 16.1 Å². The van der Waals surface area contributed by atoms with Crippen molar-refractivity contribution < 1.29 is 14.4 Å². The van der Waals surface area contributed by atoms with E-state index in [4.69, 9.17) is 23.2 Å². The molecule has 0 saturated carbocycles. The van der Waals surface area contributed by atoms with Crippen LogP contribution < -0.4 is 16.2 Å². The number of halogens is 2. The van der Waals surface area contributed by atoms with Gasteiger partial charge in [-0.3, -0.25) is 25.2 Å². The topological polar surface area (TPSA) is 87.3 Å². The molecule has 0 aliphatic carbocycles. The summed E-state index contributed by atoms with van der Waals surface area (Å²) in [5.41, 5.74) is 4.71. The molecule has 114 valence electrons. The molecule has 1 aromatic rings. The molecule has 1 rings (SSSR count). The third kappa shape index (κ3) is 6.01. The fourth-order valence-electron chi connectivity index (χ4n) is 1.39. The second-order valence-corrected chi connectivity index (χ2v) is 5.39. The van der Waals surface area contributed by atoms with Gasteiger partial charge in [-0.15, -0.1) is 0 Å². The molecule has 21 heavy (non-hydrogen) atoms. The second kappa shape index (κ2) is 7.85. The van der Waals surface area contributed by atoms with Crippen LogP contribution in [-0.4, -0.2) is 23.8 Å². The maximum Gasteiger partial charge on any atom is 0.327 e. The van der Waals surface area contributed by atoms with Crippen LogP contribution in [0.5, 0.6) is 0 Å². The molecular weight excluding hydrogens is 317 g/mol. The summed E-state index contributed by atoms with van der Waals surface area (Å²) in [6, 6.07) is 4.55. The van der Waals surface area contributed by atoms with Crippen molar-refractivity contribution in [1.29, 1.82) is 0 Å². The average molecular weight is 332 g/mol. The number of hydrogen-bond acceptors (Lipinski definition) is 3. The molecule has 1 aromatic carbocycles. The number of carbonyl (C=O) groups is 3. The highest BCUT2D eigenvalue weighted by molar-refractivity contribution is 6.35. The minimum absolute atomic E-state index is 0.0535. The van der Waals surface area contributed by atoms with Crippen molar-refractivity contribution in [2.24, 2.45) is 0 Å². The maximum atomic E-state index is 11.6. The Morgan fingerprint density at radius 2 is 1.76 bits per heavy atom. The van der Waals surface area contributed by atoms with Gasteiger partial charge in [-0.25, -0.2) is 0 Å². The van der Waals surface area contributed by atoms with E-state index in [0.717, 1.165) is 0 Å². The summed E-state index contributed by atoms with van der Waals surface area (Å²) in [6.45, 7) is 3.43. The first-order valence-electron chi connectivity index (χ1n) is 6.13. The molecule has 0 heterocycles. The van der Waals surface area contributed by atoms with E-state index in [2.05, 4.69) is 10.7 Å². The Labute approximate surface area is 132 Å². The number of hydrazine groups is 1. The summed E-state index contributed by atoms with van der Waals surface area (Å²) in [5.74, 6) is -2.28. The molecule has 0 unspecified atom stereocenters. The van der Waals surface area contributed by atoms with Crippen LogP contribution in [0.3, 0.4) is 0 Å². The molecule has 0 fully saturated rings. The number of rotatable bonds is 3. The Kier molecular flexibility index (Phi) is 6.45. The van der Waals surface area contributed by atoms with Crippen LogP contribution in [0.25, 0.3) is 0 Å². The summed E-state index contributed by atoms with van der Waals surface area (Å²) >= 11 is 11.7. The van der Waals surface area contributed by atoms with E-state index in [1.807, 2.05) is 5.43 Å². The Bertz CT molecular complexity index is 562. The zero-order valence-electron chi connectivity index (χ0n) is 11.5. The summed E-state index contributed by atoms with van der Waals surface area (Å²) in [5, 5.41) is 3.20. The quantitative estimate of drug-likeness (QED) is 0.574. The van der Waals surface area contributed by atoms with E-state index < -0.39 is 17.7 Å². The van der Waals surface area contributed by atoms with Gasteiger partial charge in [0.05, 0.1) is 6.42 Å². The van der Waals surface area contributed by atoms with Crippen LogP contribution in [0.15, 0.2) is 18.2 Å². The van der Waals surface area contributed by atoms with E-state index >= 15 is 0 Å². The van der Waals surface area contributed by atoms with E-state index in [9.17, 15) is 14.4 Å². The van der Waals surface area contributed by atoms with Crippen molar-refractivity contribution in [3.05, 3.63) is 33.8 Å². The van der Waals surface area contributed by atoms with Crippen LogP contribution in [-0.2, 0) is 20.8 Å². The Morgan fingerprint density at radius 1 is 1.10 bits per heavy atom. The van der Waals surface area contributed by atoms with Crippen molar-refractivity contribution in [3.8, 4) is 0 Å². The van der Waals surface area contributed by atoms with Gasteiger partial charge in [-0.2, -0.15) is 0 Å². The summed E-state index contributed by atoms with van der Waals surface area (Å²) in [4.78, 5) is 34.3. The maximum absolute atomic E-state index is 11.6. The van der Waals surface area contributed by atoms with E-state index in [1.165, 1.54) is 6.07 Å². The largest absolute Gasteiger partial charge is 0.346 e. The number of nitrogens with one attached hydrogen (secondary N) is 3. The van der Waals surface area contributed by atoms with Gasteiger partial charge < -0.3 is 5.32 Å². The zero-order chi connectivity index (χ0) is 16.0. The van der Waals surface area contributed by atoms with Crippen molar-refractivity contribution in [3.63, 3.8) is 0 Å². The molecule has 0 aromatic heterocycles. The van der Waals surface area contributed by atoms with Crippen molar-refractivity contribution in [1.82, 2.24) is 16.2 Å². The monoisotopic (exact) mass is 331 g/mol. The predicted molar refractivity (Wildman–Crippen MR) is 79.7 cm³/mol. The molecule has 0 atom stereocenters. The van der Waals surface area contributed by atoms with Gasteiger partial charge in [0.2, 0.25) is 5.91 Å². The van der Waals surface area contributed by atoms with Gasteiger partial charge >= 0.3 is 11.8 Å². The molecule has 0 bridgehead atoms. The van der Waals surface area contributed by atoms with Crippen LogP contribution in [0.4, 0.5) is 0 Å². The lowest BCUT2D eigenvalue weighted by molar-refractivity contribution is -0.141. The fourth-order valence-corrected chi connectivity index (χ4v) is 1.87. The Balaban J connectivity index is 2.47. The van der Waals surface area contributed by atoms with Gasteiger partial charge in [-0.05, 0) is 31.5 Å². The minimum atomic E-state index is -0.945. The summed E-state index contributed by atoms with van der Waals surface area (Å²) in [6.07, 6.45) is -0.0535. The molecule has 0 radical (unpaired) electrons. The van der Waals surface area contributed by atoms with Gasteiger partial charge in [0.1, 0.15) is 0 Å². The third-order valence-electron chi connectivity index (χ3n) is 2.31. The highest BCUT2D eigenvalue weighted by Gasteiger charge is 2.15. The first kappa shape index (κ1) is 17.3. The first-order valence-corrected chi connectivity index (χ1v) is 6.88. The molecule has 3 N–H and O–H groups in total. The summed E-state index contributed by atoms with van der Waals surface area (Å²) < 4.78 is 0. The highest BCUT2D eigenvalue weighted by Crippen LogP contribution is 2.21. The van der Waals surface area contributed by atoms with E-state index in [-0.39, 0.29) is 12.5 Å². The minimum Gasteiger partial charge on any atom is -0.346 e. The second-order valence-electron chi connectivity index (χ2n) is 4.54. The third-order valence-corrected chi connectivity index (χ3v) is 2.89. The number of amides is 3. The molecule has 0 aliphatic heterocycles. The Morgan fingerprint density at radius 3 is 2.33 bits per heavy atom. The molecular formula is C13H15Cl2N3O3. The smallest absolute Gasteiger partial charge is 0.327 e.